The van der Waals surface area contributed by atoms with E-state index in [1.54, 1.807) is 17.4 Å². The van der Waals surface area contributed by atoms with E-state index in [-0.39, 0.29) is 5.56 Å². The summed E-state index contributed by atoms with van der Waals surface area (Å²) in [5.74, 6) is -0.957. The summed E-state index contributed by atoms with van der Waals surface area (Å²) in [5, 5.41) is 14.3. The molecule has 0 aliphatic heterocycles. The standard InChI is InChI=1S/C13H14N2O2S/c1-9-7-12(11(8-15-9)13(16)17)14-5-4-10-3-2-6-18-10/h2-3,6-8H,4-5H2,1H3,(H,14,15)(H,16,17). The SMILES string of the molecule is Cc1cc(NCCc2cccs2)c(C(=O)O)cn1. The quantitative estimate of drug-likeness (QED) is 0.869. The largest absolute Gasteiger partial charge is 0.478 e. The minimum absolute atomic E-state index is 0.215. The van der Waals surface area contributed by atoms with E-state index in [2.05, 4.69) is 16.4 Å². The number of aromatic nitrogens is 1. The molecule has 0 radical (unpaired) electrons. The number of hydrogen-bond donors (Lipinski definition) is 2. The van der Waals surface area contributed by atoms with Gasteiger partial charge in [-0.1, -0.05) is 6.07 Å². The second-order valence-corrected chi connectivity index (χ2v) is 4.96. The smallest absolute Gasteiger partial charge is 0.339 e. The number of hydrogen-bond acceptors (Lipinski definition) is 4. The summed E-state index contributed by atoms with van der Waals surface area (Å²) in [7, 11) is 0. The molecule has 0 unspecified atom stereocenters. The van der Waals surface area contributed by atoms with Crippen molar-refractivity contribution < 1.29 is 9.90 Å². The van der Waals surface area contributed by atoms with E-state index >= 15 is 0 Å². The zero-order chi connectivity index (χ0) is 13.0. The van der Waals surface area contributed by atoms with Crippen LogP contribution in [0, 0.1) is 6.92 Å². The van der Waals surface area contributed by atoms with Crippen LogP contribution in [-0.2, 0) is 6.42 Å². The van der Waals surface area contributed by atoms with Gasteiger partial charge in [0.2, 0.25) is 0 Å². The Morgan fingerprint density at radius 3 is 3.06 bits per heavy atom. The third-order valence-electron chi connectivity index (χ3n) is 2.54. The first kappa shape index (κ1) is 12.6. The van der Waals surface area contributed by atoms with Gasteiger partial charge in [0, 0.05) is 23.3 Å². The molecule has 94 valence electrons. The monoisotopic (exact) mass is 262 g/mol. The van der Waals surface area contributed by atoms with Gasteiger partial charge in [-0.3, -0.25) is 4.98 Å². The molecule has 0 fully saturated rings. The maximum atomic E-state index is 11.0. The van der Waals surface area contributed by atoms with Crippen molar-refractivity contribution >= 4 is 23.0 Å². The topological polar surface area (TPSA) is 62.2 Å². The molecule has 0 saturated carbocycles. The summed E-state index contributed by atoms with van der Waals surface area (Å²) in [4.78, 5) is 16.3. The second-order valence-electron chi connectivity index (χ2n) is 3.93. The molecule has 2 heterocycles. The van der Waals surface area contributed by atoms with Crippen molar-refractivity contribution in [3.63, 3.8) is 0 Å². The van der Waals surface area contributed by atoms with Crippen LogP contribution in [-0.4, -0.2) is 22.6 Å². The maximum absolute atomic E-state index is 11.0. The molecular formula is C13H14N2O2S. The molecule has 2 N–H and O–H groups in total. The Morgan fingerprint density at radius 1 is 1.56 bits per heavy atom. The van der Waals surface area contributed by atoms with Crippen molar-refractivity contribution in [1.29, 1.82) is 0 Å². The highest BCUT2D eigenvalue weighted by Gasteiger charge is 2.10. The Hall–Kier alpha value is -1.88. The molecule has 18 heavy (non-hydrogen) atoms. The van der Waals surface area contributed by atoms with E-state index < -0.39 is 5.97 Å². The fourth-order valence-corrected chi connectivity index (χ4v) is 2.36. The normalized spacial score (nSPS) is 10.3. The molecule has 0 aliphatic rings. The summed E-state index contributed by atoms with van der Waals surface area (Å²) in [6.07, 6.45) is 2.28. The average molecular weight is 262 g/mol. The Kier molecular flexibility index (Phi) is 3.94. The Morgan fingerprint density at radius 2 is 2.39 bits per heavy atom. The van der Waals surface area contributed by atoms with Gasteiger partial charge in [0.15, 0.2) is 0 Å². The predicted octanol–water partition coefficient (Wildman–Crippen LogP) is 2.80. The third-order valence-corrected chi connectivity index (χ3v) is 3.47. The van der Waals surface area contributed by atoms with Crippen molar-refractivity contribution in [2.75, 3.05) is 11.9 Å². The van der Waals surface area contributed by atoms with Crippen LogP contribution in [0.25, 0.3) is 0 Å². The number of carboxylic acid groups (broad SMARTS) is 1. The minimum Gasteiger partial charge on any atom is -0.478 e. The first-order chi connectivity index (χ1) is 8.66. The minimum atomic E-state index is -0.957. The Bertz CT molecular complexity index is 538. The number of carboxylic acids is 1. The van der Waals surface area contributed by atoms with Crippen molar-refractivity contribution in [2.24, 2.45) is 0 Å². The zero-order valence-electron chi connectivity index (χ0n) is 10.0. The molecule has 2 aromatic rings. The van der Waals surface area contributed by atoms with Crippen LogP contribution < -0.4 is 5.32 Å². The number of carbonyl (C=O) groups is 1. The molecular weight excluding hydrogens is 248 g/mol. The highest BCUT2D eigenvalue weighted by atomic mass is 32.1. The molecule has 0 atom stereocenters. The lowest BCUT2D eigenvalue weighted by molar-refractivity contribution is 0.0697. The molecule has 5 heteroatoms. The van der Waals surface area contributed by atoms with E-state index in [0.717, 1.165) is 12.1 Å². The van der Waals surface area contributed by atoms with Gasteiger partial charge >= 0.3 is 5.97 Å². The highest BCUT2D eigenvalue weighted by molar-refractivity contribution is 7.09. The Labute approximate surface area is 109 Å². The number of aromatic carboxylic acids is 1. The van der Waals surface area contributed by atoms with Crippen molar-refractivity contribution in [3.05, 3.63) is 45.9 Å². The van der Waals surface area contributed by atoms with Gasteiger partial charge in [-0.25, -0.2) is 4.79 Å². The summed E-state index contributed by atoms with van der Waals surface area (Å²) >= 11 is 1.70. The molecule has 2 rings (SSSR count). The lowest BCUT2D eigenvalue weighted by atomic mass is 10.2. The van der Waals surface area contributed by atoms with Crippen LogP contribution in [0.3, 0.4) is 0 Å². The van der Waals surface area contributed by atoms with Crippen LogP contribution in [0.1, 0.15) is 20.9 Å². The van der Waals surface area contributed by atoms with Crippen LogP contribution in [0.15, 0.2) is 29.8 Å². The van der Waals surface area contributed by atoms with Crippen LogP contribution in [0.2, 0.25) is 0 Å². The summed E-state index contributed by atoms with van der Waals surface area (Å²) in [6.45, 7) is 2.56. The van der Waals surface area contributed by atoms with E-state index in [1.807, 2.05) is 18.4 Å². The third kappa shape index (κ3) is 3.07. The zero-order valence-corrected chi connectivity index (χ0v) is 10.8. The van der Waals surface area contributed by atoms with Gasteiger partial charge in [0.1, 0.15) is 5.56 Å². The lowest BCUT2D eigenvalue weighted by Gasteiger charge is -2.09. The van der Waals surface area contributed by atoms with E-state index in [1.165, 1.54) is 11.1 Å². The summed E-state index contributed by atoms with van der Waals surface area (Å²) in [5.41, 5.74) is 1.65. The first-order valence-electron chi connectivity index (χ1n) is 5.63. The van der Waals surface area contributed by atoms with Crippen LogP contribution in [0.4, 0.5) is 5.69 Å². The summed E-state index contributed by atoms with van der Waals surface area (Å²) < 4.78 is 0. The number of aryl methyl sites for hydroxylation is 1. The van der Waals surface area contributed by atoms with Gasteiger partial charge in [-0.15, -0.1) is 11.3 Å². The number of rotatable bonds is 5. The first-order valence-corrected chi connectivity index (χ1v) is 6.51. The maximum Gasteiger partial charge on any atom is 0.339 e. The van der Waals surface area contributed by atoms with Gasteiger partial charge < -0.3 is 10.4 Å². The summed E-state index contributed by atoms with van der Waals surface area (Å²) in [6, 6.07) is 5.85. The fraction of sp³-hybridized carbons (Fsp3) is 0.231. The number of pyridine rings is 1. The van der Waals surface area contributed by atoms with Crippen LogP contribution >= 0.6 is 11.3 Å². The number of nitrogens with zero attached hydrogens (tertiary/aromatic N) is 1. The van der Waals surface area contributed by atoms with Crippen LogP contribution in [0.5, 0.6) is 0 Å². The van der Waals surface area contributed by atoms with Gasteiger partial charge in [0.05, 0.1) is 5.69 Å². The molecule has 0 aliphatic carbocycles. The lowest BCUT2D eigenvalue weighted by Crippen LogP contribution is -2.10. The molecule has 2 aromatic heterocycles. The fourth-order valence-electron chi connectivity index (χ4n) is 1.65. The van der Waals surface area contributed by atoms with Crippen molar-refractivity contribution in [1.82, 2.24) is 4.98 Å². The van der Waals surface area contributed by atoms with Gasteiger partial charge in [-0.05, 0) is 30.9 Å². The van der Waals surface area contributed by atoms with Crippen molar-refractivity contribution in [2.45, 2.75) is 13.3 Å². The molecule has 0 saturated heterocycles. The molecule has 4 nitrogen and oxygen atoms in total. The van der Waals surface area contributed by atoms with E-state index in [4.69, 9.17) is 5.11 Å². The van der Waals surface area contributed by atoms with Gasteiger partial charge in [-0.2, -0.15) is 0 Å². The van der Waals surface area contributed by atoms with E-state index in [9.17, 15) is 4.79 Å². The molecule has 0 spiro atoms. The van der Waals surface area contributed by atoms with E-state index in [0.29, 0.717) is 12.2 Å². The number of anilines is 1. The highest BCUT2D eigenvalue weighted by Crippen LogP contribution is 2.16. The van der Waals surface area contributed by atoms with Gasteiger partial charge in [0.25, 0.3) is 0 Å². The molecule has 0 bridgehead atoms. The second kappa shape index (κ2) is 5.64. The predicted molar refractivity (Wildman–Crippen MR) is 72.4 cm³/mol. The number of thiophene rings is 1. The van der Waals surface area contributed by atoms with Crippen molar-refractivity contribution in [3.8, 4) is 0 Å². The Balaban J connectivity index is 2.03. The molecule has 0 amide bonds. The number of nitrogens with one attached hydrogen (secondary N) is 1. The average Bonchev–Trinajstić information content (AvgIpc) is 2.82. The molecule has 0 aromatic carbocycles.